The number of benzene rings is 2. The van der Waals surface area contributed by atoms with Crippen LogP contribution in [0.25, 0.3) is 0 Å². The molecule has 0 aliphatic carbocycles. The Morgan fingerprint density at radius 2 is 1.38 bits per heavy atom. The highest BCUT2D eigenvalue weighted by Gasteiger charge is 2.17. The van der Waals surface area contributed by atoms with Crippen molar-refractivity contribution < 1.29 is 14.3 Å². The van der Waals surface area contributed by atoms with E-state index in [2.05, 4.69) is 10.3 Å². The van der Waals surface area contributed by atoms with Crippen molar-refractivity contribution in [2.45, 2.75) is 6.04 Å². The summed E-state index contributed by atoms with van der Waals surface area (Å²) in [5.74, 6) is -0.927. The van der Waals surface area contributed by atoms with Crippen LogP contribution in [0, 0.1) is 0 Å². The summed E-state index contributed by atoms with van der Waals surface area (Å²) in [4.78, 5) is 28.1. The Kier molecular flexibility index (Phi) is 5.72. The van der Waals surface area contributed by atoms with Gasteiger partial charge >= 0.3 is 5.97 Å². The minimum Gasteiger partial charge on any atom is -0.452 e. The number of carbonyl (C=O) groups excluding carboxylic acids is 2. The Bertz CT molecular complexity index is 813. The first kappa shape index (κ1) is 17.4. The summed E-state index contributed by atoms with van der Waals surface area (Å²) in [6.45, 7) is -0.350. The molecule has 3 rings (SSSR count). The molecule has 2 aromatic carbocycles. The standard InChI is InChI=1S/C21H18N2O3/c24-19(15-26-21(25)18-11-13-22-14-12-18)23-20(16-7-3-1-4-8-16)17-9-5-2-6-10-17/h1-14,20H,15H2,(H,23,24). The molecule has 1 heterocycles. The third-order valence-electron chi connectivity index (χ3n) is 3.82. The van der Waals surface area contributed by atoms with Gasteiger partial charge in [-0.25, -0.2) is 4.79 Å². The molecule has 130 valence electrons. The molecule has 0 radical (unpaired) electrons. The second kappa shape index (κ2) is 8.58. The first-order valence-electron chi connectivity index (χ1n) is 8.20. The third-order valence-corrected chi connectivity index (χ3v) is 3.82. The van der Waals surface area contributed by atoms with E-state index in [1.807, 2.05) is 60.7 Å². The second-order valence-electron chi connectivity index (χ2n) is 5.63. The zero-order valence-electron chi connectivity index (χ0n) is 14.0. The van der Waals surface area contributed by atoms with E-state index in [4.69, 9.17) is 4.74 Å². The van der Waals surface area contributed by atoms with Gasteiger partial charge in [-0.15, -0.1) is 0 Å². The Labute approximate surface area is 151 Å². The van der Waals surface area contributed by atoms with E-state index in [9.17, 15) is 9.59 Å². The smallest absolute Gasteiger partial charge is 0.338 e. The Morgan fingerprint density at radius 1 is 0.846 bits per heavy atom. The molecule has 26 heavy (non-hydrogen) atoms. The van der Waals surface area contributed by atoms with E-state index < -0.39 is 5.97 Å². The average molecular weight is 346 g/mol. The van der Waals surface area contributed by atoms with Crippen LogP contribution in [0.5, 0.6) is 0 Å². The van der Waals surface area contributed by atoms with E-state index in [0.717, 1.165) is 11.1 Å². The molecule has 0 atom stereocenters. The van der Waals surface area contributed by atoms with Gasteiger partial charge in [-0.3, -0.25) is 9.78 Å². The number of ether oxygens (including phenoxy) is 1. The number of rotatable bonds is 6. The lowest BCUT2D eigenvalue weighted by Crippen LogP contribution is -2.33. The number of hydrogen-bond acceptors (Lipinski definition) is 4. The van der Waals surface area contributed by atoms with Crippen LogP contribution in [0.3, 0.4) is 0 Å². The SMILES string of the molecule is O=C(COC(=O)c1ccncc1)NC(c1ccccc1)c1ccccc1. The molecule has 0 saturated carbocycles. The topological polar surface area (TPSA) is 68.3 Å². The number of pyridine rings is 1. The zero-order chi connectivity index (χ0) is 18.2. The molecule has 5 heteroatoms. The highest BCUT2D eigenvalue weighted by molar-refractivity contribution is 5.91. The first-order valence-corrected chi connectivity index (χ1v) is 8.20. The Balaban J connectivity index is 1.67. The lowest BCUT2D eigenvalue weighted by Gasteiger charge is -2.20. The lowest BCUT2D eigenvalue weighted by molar-refractivity contribution is -0.124. The predicted octanol–water partition coefficient (Wildman–Crippen LogP) is 3.14. The molecule has 5 nitrogen and oxygen atoms in total. The van der Waals surface area contributed by atoms with Crippen LogP contribution in [0.4, 0.5) is 0 Å². The summed E-state index contributed by atoms with van der Waals surface area (Å²) in [6.07, 6.45) is 3.00. The van der Waals surface area contributed by atoms with Gasteiger partial charge in [-0.2, -0.15) is 0 Å². The van der Waals surface area contributed by atoms with Crippen molar-refractivity contribution in [3.8, 4) is 0 Å². The van der Waals surface area contributed by atoms with Crippen molar-refractivity contribution in [1.82, 2.24) is 10.3 Å². The van der Waals surface area contributed by atoms with Gasteiger partial charge in [0.25, 0.3) is 5.91 Å². The van der Waals surface area contributed by atoms with Crippen LogP contribution in [0.1, 0.15) is 27.5 Å². The van der Waals surface area contributed by atoms with Gasteiger partial charge in [-0.1, -0.05) is 60.7 Å². The number of nitrogens with one attached hydrogen (secondary N) is 1. The van der Waals surface area contributed by atoms with Crippen LogP contribution in [-0.4, -0.2) is 23.5 Å². The summed E-state index contributed by atoms with van der Waals surface area (Å²) in [7, 11) is 0. The number of carbonyl (C=O) groups is 2. The number of esters is 1. The maximum Gasteiger partial charge on any atom is 0.338 e. The largest absolute Gasteiger partial charge is 0.452 e. The molecule has 1 aromatic heterocycles. The third kappa shape index (κ3) is 4.54. The van der Waals surface area contributed by atoms with Crippen molar-refractivity contribution in [2.75, 3.05) is 6.61 Å². The maximum absolute atomic E-state index is 12.3. The molecular formula is C21H18N2O3. The summed E-state index contributed by atoms with van der Waals surface area (Å²) >= 11 is 0. The molecule has 3 aromatic rings. The summed E-state index contributed by atoms with van der Waals surface area (Å²) in [5, 5.41) is 2.93. The van der Waals surface area contributed by atoms with Crippen LogP contribution >= 0.6 is 0 Å². The molecule has 0 fully saturated rings. The first-order chi connectivity index (χ1) is 12.7. The Morgan fingerprint density at radius 3 is 1.92 bits per heavy atom. The van der Waals surface area contributed by atoms with Gasteiger partial charge in [0.15, 0.2) is 6.61 Å². The van der Waals surface area contributed by atoms with Gasteiger partial charge in [0, 0.05) is 12.4 Å². The molecule has 0 aliphatic rings. The van der Waals surface area contributed by atoms with Crippen LogP contribution in [0.2, 0.25) is 0 Å². The minimum absolute atomic E-state index is 0.315. The van der Waals surface area contributed by atoms with E-state index in [1.165, 1.54) is 24.5 Å². The summed E-state index contributed by atoms with van der Waals surface area (Å²) in [5.41, 5.74) is 2.26. The average Bonchev–Trinajstić information content (AvgIpc) is 2.72. The predicted molar refractivity (Wildman–Crippen MR) is 97.4 cm³/mol. The monoisotopic (exact) mass is 346 g/mol. The van der Waals surface area contributed by atoms with E-state index >= 15 is 0 Å². The van der Waals surface area contributed by atoms with E-state index in [1.54, 1.807) is 0 Å². The van der Waals surface area contributed by atoms with Crippen molar-refractivity contribution in [3.05, 3.63) is 102 Å². The normalized spacial score (nSPS) is 10.3. The fourth-order valence-corrected chi connectivity index (χ4v) is 2.56. The molecule has 0 saturated heterocycles. The Hall–Kier alpha value is -3.47. The zero-order valence-corrected chi connectivity index (χ0v) is 14.0. The van der Waals surface area contributed by atoms with Gasteiger partial charge in [-0.05, 0) is 23.3 Å². The van der Waals surface area contributed by atoms with Crippen molar-refractivity contribution >= 4 is 11.9 Å². The fraction of sp³-hybridized carbons (Fsp3) is 0.0952. The van der Waals surface area contributed by atoms with E-state index in [-0.39, 0.29) is 18.6 Å². The van der Waals surface area contributed by atoms with Crippen molar-refractivity contribution in [3.63, 3.8) is 0 Å². The molecule has 0 unspecified atom stereocenters. The molecule has 0 bridgehead atoms. The maximum atomic E-state index is 12.3. The molecular weight excluding hydrogens is 328 g/mol. The quantitative estimate of drug-likeness (QED) is 0.696. The van der Waals surface area contributed by atoms with Gasteiger partial charge < -0.3 is 10.1 Å². The van der Waals surface area contributed by atoms with Gasteiger partial charge in [0.1, 0.15) is 0 Å². The van der Waals surface area contributed by atoms with Crippen LogP contribution in [-0.2, 0) is 9.53 Å². The summed E-state index contributed by atoms with van der Waals surface area (Å²) < 4.78 is 5.08. The molecule has 1 amide bonds. The number of nitrogens with zero attached hydrogens (tertiary/aromatic N) is 1. The molecule has 0 aliphatic heterocycles. The number of amides is 1. The number of hydrogen-bond donors (Lipinski definition) is 1. The molecule has 0 spiro atoms. The van der Waals surface area contributed by atoms with Crippen LogP contribution in [0.15, 0.2) is 85.2 Å². The summed E-state index contributed by atoms with van der Waals surface area (Å²) in [6, 6.07) is 22.1. The van der Waals surface area contributed by atoms with E-state index in [0.29, 0.717) is 5.56 Å². The van der Waals surface area contributed by atoms with Crippen LogP contribution < -0.4 is 5.32 Å². The molecule has 1 N–H and O–H groups in total. The fourth-order valence-electron chi connectivity index (χ4n) is 2.56. The lowest BCUT2D eigenvalue weighted by atomic mass is 9.99. The highest BCUT2D eigenvalue weighted by Crippen LogP contribution is 2.21. The van der Waals surface area contributed by atoms with Crippen molar-refractivity contribution in [1.29, 1.82) is 0 Å². The highest BCUT2D eigenvalue weighted by atomic mass is 16.5. The van der Waals surface area contributed by atoms with Gasteiger partial charge in [0.05, 0.1) is 11.6 Å². The second-order valence-corrected chi connectivity index (χ2v) is 5.63. The minimum atomic E-state index is -0.557. The van der Waals surface area contributed by atoms with Gasteiger partial charge in [0.2, 0.25) is 0 Å². The number of aromatic nitrogens is 1. The van der Waals surface area contributed by atoms with Crippen molar-refractivity contribution in [2.24, 2.45) is 0 Å².